The molecule has 0 aromatic heterocycles. The third-order valence-corrected chi connectivity index (χ3v) is 3.28. The number of carboxylic acid groups (broad SMARTS) is 1. The first-order chi connectivity index (χ1) is 9.15. The Morgan fingerprint density at radius 2 is 2.15 bits per heavy atom. The summed E-state index contributed by atoms with van der Waals surface area (Å²) in [6.45, 7) is 4.43. The molecule has 0 spiro atoms. The van der Waals surface area contributed by atoms with Crippen LogP contribution >= 0.6 is 12.4 Å². The third-order valence-electron chi connectivity index (χ3n) is 3.28. The van der Waals surface area contributed by atoms with E-state index in [0.29, 0.717) is 26.2 Å². The van der Waals surface area contributed by atoms with Crippen LogP contribution in [0.2, 0.25) is 0 Å². The molecule has 1 amide bonds. The van der Waals surface area contributed by atoms with Crippen LogP contribution in [0.3, 0.4) is 0 Å². The molecule has 1 aromatic rings. The maximum absolute atomic E-state index is 10.9. The molecule has 20 heavy (non-hydrogen) atoms. The molecule has 1 atom stereocenters. The fraction of sp³-hybridized carbons (Fsp3) is 0.500. The van der Waals surface area contributed by atoms with Crippen molar-refractivity contribution >= 4 is 18.5 Å². The molecule has 6 heteroatoms. The fourth-order valence-electron chi connectivity index (χ4n) is 2.15. The number of carbonyl (C=O) groups is 1. The lowest BCUT2D eigenvalue weighted by molar-refractivity contribution is 0.124. The molecule has 0 bridgehead atoms. The van der Waals surface area contributed by atoms with Gasteiger partial charge in [-0.25, -0.2) is 4.79 Å². The first kappa shape index (κ1) is 16.6. The van der Waals surface area contributed by atoms with E-state index in [1.54, 1.807) is 0 Å². The van der Waals surface area contributed by atoms with Crippen LogP contribution in [0.5, 0.6) is 5.75 Å². The Kier molecular flexibility index (Phi) is 6.61. The van der Waals surface area contributed by atoms with Gasteiger partial charge in [-0.1, -0.05) is 17.7 Å². The summed E-state index contributed by atoms with van der Waals surface area (Å²) < 4.78 is 5.65. The molecular formula is C14H21ClN2O3. The average molecular weight is 301 g/mol. The zero-order chi connectivity index (χ0) is 13.7. The number of halogens is 1. The summed E-state index contributed by atoms with van der Waals surface area (Å²) in [6, 6.07) is 8.11. The van der Waals surface area contributed by atoms with Gasteiger partial charge in [0, 0.05) is 25.7 Å². The second-order valence-corrected chi connectivity index (χ2v) is 4.83. The standard InChI is InChI=1S/C14H20N2O3.ClH/c1-11-2-4-13(5-3-11)19-9-6-12-10-16(14(17)18)8-7-15-12;/h2-5,12,15H,6-10H2,1H3,(H,17,18);1H/t12-;/m1./s1. The van der Waals surface area contributed by atoms with E-state index in [2.05, 4.69) is 5.32 Å². The molecule has 2 rings (SSSR count). The van der Waals surface area contributed by atoms with Gasteiger partial charge in [-0.2, -0.15) is 0 Å². The minimum atomic E-state index is -0.842. The van der Waals surface area contributed by atoms with Gasteiger partial charge in [0.05, 0.1) is 6.61 Å². The number of piperazine rings is 1. The van der Waals surface area contributed by atoms with Gasteiger partial charge in [0.15, 0.2) is 0 Å². The van der Waals surface area contributed by atoms with Gasteiger partial charge in [-0.05, 0) is 25.5 Å². The topological polar surface area (TPSA) is 61.8 Å². The summed E-state index contributed by atoms with van der Waals surface area (Å²) in [5, 5.41) is 12.3. The molecule has 1 aliphatic heterocycles. The quantitative estimate of drug-likeness (QED) is 0.894. The van der Waals surface area contributed by atoms with Crippen molar-refractivity contribution in [3.63, 3.8) is 0 Å². The van der Waals surface area contributed by atoms with Gasteiger partial charge in [-0.3, -0.25) is 0 Å². The molecule has 1 aliphatic rings. The molecule has 0 unspecified atom stereocenters. The smallest absolute Gasteiger partial charge is 0.407 e. The summed E-state index contributed by atoms with van der Waals surface area (Å²) in [6.07, 6.45) is -0.0385. The molecule has 1 aromatic carbocycles. The lowest BCUT2D eigenvalue weighted by Gasteiger charge is -2.31. The van der Waals surface area contributed by atoms with Crippen molar-refractivity contribution < 1.29 is 14.6 Å². The van der Waals surface area contributed by atoms with E-state index in [1.165, 1.54) is 10.5 Å². The molecular weight excluding hydrogens is 280 g/mol. The van der Waals surface area contributed by atoms with E-state index in [1.807, 2.05) is 31.2 Å². The lowest BCUT2D eigenvalue weighted by Crippen LogP contribution is -2.52. The van der Waals surface area contributed by atoms with Crippen molar-refractivity contribution in [1.29, 1.82) is 0 Å². The second-order valence-electron chi connectivity index (χ2n) is 4.83. The second kappa shape index (κ2) is 7.97. The number of amides is 1. The third kappa shape index (κ3) is 4.90. The van der Waals surface area contributed by atoms with Gasteiger partial charge in [0.1, 0.15) is 5.75 Å². The van der Waals surface area contributed by atoms with E-state index in [0.717, 1.165) is 12.2 Å². The molecule has 0 radical (unpaired) electrons. The number of rotatable bonds is 4. The number of nitrogens with one attached hydrogen (secondary N) is 1. The van der Waals surface area contributed by atoms with Gasteiger partial charge >= 0.3 is 6.09 Å². The highest BCUT2D eigenvalue weighted by atomic mass is 35.5. The summed E-state index contributed by atoms with van der Waals surface area (Å²) in [5.74, 6) is 0.858. The zero-order valence-corrected chi connectivity index (χ0v) is 12.4. The van der Waals surface area contributed by atoms with Crippen LogP contribution < -0.4 is 10.1 Å². The molecule has 0 saturated carbocycles. The van der Waals surface area contributed by atoms with Gasteiger partial charge in [0.2, 0.25) is 0 Å². The number of benzene rings is 1. The number of hydrogen-bond acceptors (Lipinski definition) is 3. The summed E-state index contributed by atoms with van der Waals surface area (Å²) in [5.41, 5.74) is 1.21. The molecule has 2 N–H and O–H groups in total. The number of aryl methyl sites for hydroxylation is 1. The first-order valence-corrected chi connectivity index (χ1v) is 6.56. The van der Waals surface area contributed by atoms with Crippen LogP contribution in [0.1, 0.15) is 12.0 Å². The van der Waals surface area contributed by atoms with E-state index >= 15 is 0 Å². The predicted octanol–water partition coefficient (Wildman–Crippen LogP) is 2.14. The highest BCUT2D eigenvalue weighted by Gasteiger charge is 2.22. The first-order valence-electron chi connectivity index (χ1n) is 6.56. The lowest BCUT2D eigenvalue weighted by atomic mass is 10.1. The SMILES string of the molecule is Cc1ccc(OCC[C@@H]2CN(C(=O)O)CCN2)cc1.Cl. The Morgan fingerprint density at radius 3 is 2.80 bits per heavy atom. The van der Waals surface area contributed by atoms with E-state index in [-0.39, 0.29) is 18.4 Å². The number of ether oxygens (including phenoxy) is 1. The van der Waals surface area contributed by atoms with Crippen molar-refractivity contribution in [3.05, 3.63) is 29.8 Å². The Morgan fingerprint density at radius 1 is 1.45 bits per heavy atom. The van der Waals surface area contributed by atoms with Gasteiger partial charge in [-0.15, -0.1) is 12.4 Å². The minimum Gasteiger partial charge on any atom is -0.494 e. The summed E-state index contributed by atoms with van der Waals surface area (Å²) in [7, 11) is 0. The Hall–Kier alpha value is -1.46. The highest BCUT2D eigenvalue weighted by Crippen LogP contribution is 2.12. The van der Waals surface area contributed by atoms with Crippen LogP contribution in [-0.4, -0.2) is 48.4 Å². The van der Waals surface area contributed by atoms with Gasteiger partial charge < -0.3 is 20.1 Å². The van der Waals surface area contributed by atoms with E-state index in [4.69, 9.17) is 9.84 Å². The molecule has 112 valence electrons. The Bertz CT molecular complexity index is 425. The maximum Gasteiger partial charge on any atom is 0.407 e. The molecule has 5 nitrogen and oxygen atoms in total. The number of hydrogen-bond donors (Lipinski definition) is 2. The predicted molar refractivity (Wildman–Crippen MR) is 79.9 cm³/mol. The van der Waals surface area contributed by atoms with Crippen LogP contribution in [-0.2, 0) is 0 Å². The fourth-order valence-corrected chi connectivity index (χ4v) is 2.15. The maximum atomic E-state index is 10.9. The van der Waals surface area contributed by atoms with Crippen LogP contribution in [0, 0.1) is 6.92 Å². The van der Waals surface area contributed by atoms with Crippen LogP contribution in [0.15, 0.2) is 24.3 Å². The zero-order valence-electron chi connectivity index (χ0n) is 11.5. The minimum absolute atomic E-state index is 0. The Labute approximate surface area is 125 Å². The van der Waals surface area contributed by atoms with Crippen molar-refractivity contribution in [3.8, 4) is 5.75 Å². The molecule has 0 aliphatic carbocycles. The monoisotopic (exact) mass is 300 g/mol. The molecule has 1 fully saturated rings. The Balaban J connectivity index is 0.00000200. The van der Waals surface area contributed by atoms with E-state index in [9.17, 15) is 4.79 Å². The summed E-state index contributed by atoms with van der Waals surface area (Å²) in [4.78, 5) is 12.3. The molecule has 1 saturated heterocycles. The average Bonchev–Trinajstić information content (AvgIpc) is 2.41. The van der Waals surface area contributed by atoms with Crippen LogP contribution in [0.25, 0.3) is 0 Å². The van der Waals surface area contributed by atoms with Crippen molar-refractivity contribution in [2.45, 2.75) is 19.4 Å². The largest absolute Gasteiger partial charge is 0.494 e. The summed E-state index contributed by atoms with van der Waals surface area (Å²) >= 11 is 0. The van der Waals surface area contributed by atoms with Crippen LogP contribution in [0.4, 0.5) is 4.79 Å². The van der Waals surface area contributed by atoms with Gasteiger partial charge in [0.25, 0.3) is 0 Å². The van der Waals surface area contributed by atoms with Crippen molar-refractivity contribution in [2.24, 2.45) is 0 Å². The van der Waals surface area contributed by atoms with E-state index < -0.39 is 6.09 Å². The van der Waals surface area contributed by atoms with Crippen molar-refractivity contribution in [1.82, 2.24) is 10.2 Å². The highest BCUT2D eigenvalue weighted by molar-refractivity contribution is 5.85. The molecule has 1 heterocycles. The number of nitrogens with zero attached hydrogens (tertiary/aromatic N) is 1. The normalized spacial score (nSPS) is 18.2. The van der Waals surface area contributed by atoms with Crippen molar-refractivity contribution in [2.75, 3.05) is 26.2 Å².